The molecule has 1 aliphatic heterocycles. The average molecular weight is 418 g/mol. The molecule has 1 unspecified atom stereocenters. The van der Waals surface area contributed by atoms with Gasteiger partial charge in [0.1, 0.15) is 0 Å². The fraction of sp³-hybridized carbons (Fsp3) is 0.286. The van der Waals surface area contributed by atoms with Crippen molar-refractivity contribution in [3.05, 3.63) is 69.7 Å². The van der Waals surface area contributed by atoms with Crippen LogP contribution in [0.2, 0.25) is 10.0 Å². The van der Waals surface area contributed by atoms with Crippen molar-refractivity contribution >= 4 is 40.7 Å². The molecule has 28 heavy (non-hydrogen) atoms. The lowest BCUT2D eigenvalue weighted by atomic mass is 10.1. The number of nitrogens with one attached hydrogen (secondary N) is 1. The molecule has 5 nitrogen and oxygen atoms in total. The molecule has 0 fully saturated rings. The van der Waals surface area contributed by atoms with Crippen molar-refractivity contribution in [1.82, 2.24) is 10.3 Å². The van der Waals surface area contributed by atoms with Crippen LogP contribution in [0.25, 0.3) is 0 Å². The highest BCUT2D eigenvalue weighted by molar-refractivity contribution is 6.35. The molecular formula is C21H21Cl2N3O2. The Bertz CT molecular complexity index is 900. The molecule has 0 radical (unpaired) electrons. The first-order valence-corrected chi connectivity index (χ1v) is 9.87. The molecule has 1 N–H and O–H groups in total. The quantitative estimate of drug-likeness (QED) is 0.746. The van der Waals surface area contributed by atoms with E-state index in [0.29, 0.717) is 23.0 Å². The number of halogens is 2. The summed E-state index contributed by atoms with van der Waals surface area (Å²) in [5, 5.41) is 9.76. The van der Waals surface area contributed by atoms with Gasteiger partial charge >= 0.3 is 0 Å². The van der Waals surface area contributed by atoms with E-state index in [1.807, 2.05) is 37.3 Å². The van der Waals surface area contributed by atoms with Gasteiger partial charge in [-0.15, -0.1) is 0 Å². The summed E-state index contributed by atoms with van der Waals surface area (Å²) in [6.45, 7) is 2.38. The summed E-state index contributed by atoms with van der Waals surface area (Å²) >= 11 is 12.1. The molecule has 1 heterocycles. The third-order valence-corrected chi connectivity index (χ3v) is 5.13. The molecule has 0 spiro atoms. The van der Waals surface area contributed by atoms with E-state index in [2.05, 4.69) is 10.4 Å². The first kappa shape index (κ1) is 20.4. The Morgan fingerprint density at radius 3 is 2.61 bits per heavy atom. The predicted molar refractivity (Wildman–Crippen MR) is 112 cm³/mol. The maximum Gasteiger partial charge on any atom is 0.243 e. The van der Waals surface area contributed by atoms with Gasteiger partial charge in [0.2, 0.25) is 11.8 Å². The number of hydrazone groups is 1. The van der Waals surface area contributed by atoms with Crippen LogP contribution in [0.4, 0.5) is 0 Å². The van der Waals surface area contributed by atoms with Gasteiger partial charge in [-0.05, 0) is 30.2 Å². The molecule has 0 aliphatic carbocycles. The van der Waals surface area contributed by atoms with Gasteiger partial charge in [-0.3, -0.25) is 9.59 Å². The smallest absolute Gasteiger partial charge is 0.243 e. The Balaban J connectivity index is 1.50. The van der Waals surface area contributed by atoms with Gasteiger partial charge in [-0.2, -0.15) is 5.10 Å². The molecular weight excluding hydrogens is 397 g/mol. The predicted octanol–water partition coefficient (Wildman–Crippen LogP) is 4.59. The minimum atomic E-state index is -0.276. The zero-order valence-corrected chi connectivity index (χ0v) is 17.0. The van der Waals surface area contributed by atoms with E-state index in [0.717, 1.165) is 16.8 Å². The second kappa shape index (κ2) is 9.22. The number of hydrogen-bond donors (Lipinski definition) is 1. The SMILES string of the molecule is CC(NC(=O)CCC(=O)N1CCC(c2ccccc2)=N1)c1ccc(Cl)cc1Cl. The Morgan fingerprint density at radius 1 is 1.14 bits per heavy atom. The first-order chi connectivity index (χ1) is 13.4. The molecule has 2 amide bonds. The van der Waals surface area contributed by atoms with Crippen LogP contribution in [0.3, 0.4) is 0 Å². The first-order valence-electron chi connectivity index (χ1n) is 9.11. The standard InChI is InChI=1S/C21H21Cl2N3O2/c1-14(17-8-7-16(22)13-18(17)23)24-20(27)9-10-21(28)26-12-11-19(25-26)15-5-3-2-4-6-15/h2-8,13-14H,9-12H2,1H3,(H,24,27). The largest absolute Gasteiger partial charge is 0.350 e. The van der Waals surface area contributed by atoms with E-state index >= 15 is 0 Å². The second-order valence-corrected chi connectivity index (χ2v) is 7.48. The van der Waals surface area contributed by atoms with Crippen LogP contribution in [-0.2, 0) is 9.59 Å². The zero-order chi connectivity index (χ0) is 20.1. The summed E-state index contributed by atoms with van der Waals surface area (Å²) in [5.41, 5.74) is 2.69. The van der Waals surface area contributed by atoms with Crippen molar-refractivity contribution in [2.45, 2.75) is 32.2 Å². The van der Waals surface area contributed by atoms with E-state index in [1.54, 1.807) is 18.2 Å². The molecule has 1 aliphatic rings. The monoisotopic (exact) mass is 417 g/mol. The summed E-state index contributed by atoms with van der Waals surface area (Å²) in [4.78, 5) is 24.6. The minimum Gasteiger partial charge on any atom is -0.350 e. The van der Waals surface area contributed by atoms with Crippen molar-refractivity contribution in [1.29, 1.82) is 0 Å². The third kappa shape index (κ3) is 5.12. The van der Waals surface area contributed by atoms with Crippen molar-refractivity contribution in [3.8, 4) is 0 Å². The lowest BCUT2D eigenvalue weighted by molar-refractivity contribution is -0.133. The van der Waals surface area contributed by atoms with Crippen LogP contribution in [0.5, 0.6) is 0 Å². The molecule has 0 aromatic heterocycles. The molecule has 0 bridgehead atoms. The Hall–Kier alpha value is -2.37. The average Bonchev–Trinajstić information content (AvgIpc) is 3.17. The zero-order valence-electron chi connectivity index (χ0n) is 15.5. The van der Waals surface area contributed by atoms with Crippen molar-refractivity contribution in [2.24, 2.45) is 5.10 Å². The van der Waals surface area contributed by atoms with Crippen LogP contribution < -0.4 is 5.32 Å². The van der Waals surface area contributed by atoms with E-state index < -0.39 is 0 Å². The van der Waals surface area contributed by atoms with Gasteiger partial charge in [0, 0.05) is 29.3 Å². The van der Waals surface area contributed by atoms with Crippen LogP contribution in [0.1, 0.15) is 43.4 Å². The lowest BCUT2D eigenvalue weighted by Gasteiger charge is -2.16. The Kier molecular flexibility index (Phi) is 6.70. The van der Waals surface area contributed by atoms with E-state index in [9.17, 15) is 9.59 Å². The number of hydrogen-bond acceptors (Lipinski definition) is 3. The highest BCUT2D eigenvalue weighted by Crippen LogP contribution is 2.26. The second-order valence-electron chi connectivity index (χ2n) is 6.63. The fourth-order valence-corrected chi connectivity index (χ4v) is 3.64. The molecule has 146 valence electrons. The topological polar surface area (TPSA) is 61.8 Å². The Morgan fingerprint density at radius 2 is 1.89 bits per heavy atom. The normalized spacial score (nSPS) is 14.5. The van der Waals surface area contributed by atoms with Crippen molar-refractivity contribution in [3.63, 3.8) is 0 Å². The van der Waals surface area contributed by atoms with Crippen LogP contribution in [0, 0.1) is 0 Å². The molecule has 2 aromatic carbocycles. The number of carbonyl (C=O) groups excluding carboxylic acids is 2. The number of amides is 2. The molecule has 7 heteroatoms. The maximum absolute atomic E-state index is 12.4. The van der Waals surface area contributed by atoms with Gasteiger partial charge < -0.3 is 5.32 Å². The van der Waals surface area contributed by atoms with Gasteiger partial charge in [0.25, 0.3) is 0 Å². The van der Waals surface area contributed by atoms with E-state index in [4.69, 9.17) is 23.2 Å². The number of rotatable bonds is 6. The number of carbonyl (C=O) groups is 2. The minimum absolute atomic E-state index is 0.0983. The van der Waals surface area contributed by atoms with Crippen molar-refractivity contribution < 1.29 is 9.59 Å². The van der Waals surface area contributed by atoms with Gasteiger partial charge in [-0.1, -0.05) is 59.6 Å². The highest BCUT2D eigenvalue weighted by atomic mass is 35.5. The van der Waals surface area contributed by atoms with E-state index in [-0.39, 0.29) is 30.7 Å². The Labute approximate surface area is 174 Å². The van der Waals surface area contributed by atoms with Crippen LogP contribution >= 0.6 is 23.2 Å². The highest BCUT2D eigenvalue weighted by Gasteiger charge is 2.22. The van der Waals surface area contributed by atoms with Crippen LogP contribution in [-0.4, -0.2) is 29.1 Å². The summed E-state index contributed by atoms with van der Waals surface area (Å²) in [6, 6.07) is 14.7. The lowest BCUT2D eigenvalue weighted by Crippen LogP contribution is -2.29. The van der Waals surface area contributed by atoms with Gasteiger partial charge in [0.15, 0.2) is 0 Å². The van der Waals surface area contributed by atoms with Gasteiger partial charge in [0.05, 0.1) is 18.3 Å². The van der Waals surface area contributed by atoms with Gasteiger partial charge in [-0.25, -0.2) is 5.01 Å². The number of benzene rings is 2. The number of nitrogens with zero attached hydrogens (tertiary/aromatic N) is 2. The molecule has 0 saturated carbocycles. The summed E-state index contributed by atoms with van der Waals surface area (Å²) in [5.74, 6) is -0.364. The maximum atomic E-state index is 12.4. The van der Waals surface area contributed by atoms with Crippen LogP contribution in [0.15, 0.2) is 53.6 Å². The molecule has 2 aromatic rings. The molecule has 1 atom stereocenters. The summed E-state index contributed by atoms with van der Waals surface area (Å²) < 4.78 is 0. The molecule has 3 rings (SSSR count). The molecule has 0 saturated heterocycles. The summed E-state index contributed by atoms with van der Waals surface area (Å²) in [7, 11) is 0. The van der Waals surface area contributed by atoms with E-state index in [1.165, 1.54) is 5.01 Å². The summed E-state index contributed by atoms with van der Waals surface area (Å²) in [6.07, 6.45) is 0.924. The van der Waals surface area contributed by atoms with Crippen molar-refractivity contribution in [2.75, 3.05) is 6.54 Å². The fourth-order valence-electron chi connectivity index (χ4n) is 3.06. The third-order valence-electron chi connectivity index (χ3n) is 4.57.